The third kappa shape index (κ3) is 4.55. The SMILES string of the molecule is Cc1c(OC(C)C)ccc(C(=O)C(C)CN2CCNCC2)c1C. The molecular weight excluding hydrogens is 288 g/mol. The van der Waals surface area contributed by atoms with E-state index < -0.39 is 0 Å². The molecule has 0 bridgehead atoms. The van der Waals surface area contributed by atoms with Crippen LogP contribution in [0.25, 0.3) is 0 Å². The van der Waals surface area contributed by atoms with E-state index in [4.69, 9.17) is 4.74 Å². The predicted octanol–water partition coefficient (Wildman–Crippen LogP) is 2.81. The number of ketones is 1. The highest BCUT2D eigenvalue weighted by Crippen LogP contribution is 2.27. The zero-order valence-corrected chi connectivity index (χ0v) is 15.1. The topological polar surface area (TPSA) is 41.6 Å². The van der Waals surface area contributed by atoms with Crippen molar-refractivity contribution in [3.8, 4) is 5.75 Å². The van der Waals surface area contributed by atoms with E-state index >= 15 is 0 Å². The van der Waals surface area contributed by atoms with Gasteiger partial charge in [-0.3, -0.25) is 4.79 Å². The highest BCUT2D eigenvalue weighted by molar-refractivity contribution is 5.99. The van der Waals surface area contributed by atoms with Gasteiger partial charge in [0.15, 0.2) is 5.78 Å². The lowest BCUT2D eigenvalue weighted by Crippen LogP contribution is -2.45. The summed E-state index contributed by atoms with van der Waals surface area (Å²) in [4.78, 5) is 15.2. The average molecular weight is 318 g/mol. The molecule has 4 nitrogen and oxygen atoms in total. The van der Waals surface area contributed by atoms with E-state index in [1.54, 1.807) is 0 Å². The van der Waals surface area contributed by atoms with Crippen molar-refractivity contribution < 1.29 is 9.53 Å². The minimum absolute atomic E-state index is 0.0167. The van der Waals surface area contributed by atoms with Crippen molar-refractivity contribution in [2.75, 3.05) is 32.7 Å². The second kappa shape index (κ2) is 7.93. The molecule has 128 valence electrons. The summed E-state index contributed by atoms with van der Waals surface area (Å²) in [6.45, 7) is 15.0. The maximum atomic E-state index is 12.8. The second-order valence-corrected chi connectivity index (χ2v) is 6.84. The molecule has 1 aliphatic rings. The number of nitrogens with zero attached hydrogens (tertiary/aromatic N) is 1. The molecule has 0 aliphatic carbocycles. The first-order valence-electron chi connectivity index (χ1n) is 8.64. The number of Topliss-reactive ketones (excluding diaryl/α,β-unsaturated/α-hetero) is 1. The Kier molecular flexibility index (Phi) is 6.19. The third-order valence-corrected chi connectivity index (χ3v) is 4.55. The summed E-state index contributed by atoms with van der Waals surface area (Å²) in [5.41, 5.74) is 2.94. The molecule has 1 N–H and O–H groups in total. The first kappa shape index (κ1) is 18.0. The molecule has 23 heavy (non-hydrogen) atoms. The van der Waals surface area contributed by atoms with Gasteiger partial charge in [-0.05, 0) is 51.0 Å². The van der Waals surface area contributed by atoms with Crippen molar-refractivity contribution >= 4 is 5.78 Å². The van der Waals surface area contributed by atoms with Crippen LogP contribution < -0.4 is 10.1 Å². The summed E-state index contributed by atoms with van der Waals surface area (Å²) in [6, 6.07) is 3.86. The molecular formula is C19H30N2O2. The number of carbonyl (C=O) groups excluding carboxylic acids is 1. The highest BCUT2D eigenvalue weighted by atomic mass is 16.5. The van der Waals surface area contributed by atoms with Gasteiger partial charge in [-0.15, -0.1) is 0 Å². The Labute approximate surface area is 140 Å². The van der Waals surface area contributed by atoms with Gasteiger partial charge in [0.25, 0.3) is 0 Å². The smallest absolute Gasteiger partial charge is 0.167 e. The third-order valence-electron chi connectivity index (χ3n) is 4.55. The van der Waals surface area contributed by atoms with Crippen LogP contribution in [0.4, 0.5) is 0 Å². The number of piperazine rings is 1. The van der Waals surface area contributed by atoms with Gasteiger partial charge in [0.1, 0.15) is 5.75 Å². The summed E-state index contributed by atoms with van der Waals surface area (Å²) in [6.07, 6.45) is 0.140. The van der Waals surface area contributed by atoms with Crippen molar-refractivity contribution in [2.45, 2.75) is 40.7 Å². The van der Waals surface area contributed by atoms with Gasteiger partial charge in [-0.1, -0.05) is 6.92 Å². The Morgan fingerprint density at radius 3 is 2.43 bits per heavy atom. The van der Waals surface area contributed by atoms with E-state index in [0.29, 0.717) is 0 Å². The maximum Gasteiger partial charge on any atom is 0.167 e. The molecule has 0 aromatic heterocycles. The van der Waals surface area contributed by atoms with Crippen molar-refractivity contribution in [2.24, 2.45) is 5.92 Å². The van der Waals surface area contributed by atoms with E-state index in [9.17, 15) is 4.79 Å². The number of rotatable bonds is 6. The Morgan fingerprint density at radius 1 is 1.17 bits per heavy atom. The summed E-state index contributed by atoms with van der Waals surface area (Å²) >= 11 is 0. The van der Waals surface area contributed by atoms with E-state index in [1.165, 1.54) is 0 Å². The van der Waals surface area contributed by atoms with Gasteiger partial charge in [-0.25, -0.2) is 0 Å². The quantitative estimate of drug-likeness (QED) is 0.819. The molecule has 1 fully saturated rings. The van der Waals surface area contributed by atoms with Gasteiger partial charge in [0.05, 0.1) is 6.10 Å². The number of carbonyl (C=O) groups is 1. The van der Waals surface area contributed by atoms with Gasteiger partial charge in [0, 0.05) is 44.2 Å². The molecule has 0 amide bonds. The first-order chi connectivity index (χ1) is 10.9. The van der Waals surface area contributed by atoms with Crippen LogP contribution in [-0.4, -0.2) is 49.5 Å². The Bertz CT molecular complexity index is 549. The van der Waals surface area contributed by atoms with E-state index in [1.807, 2.05) is 46.8 Å². The zero-order valence-electron chi connectivity index (χ0n) is 15.1. The normalized spacial score (nSPS) is 17.3. The summed E-state index contributed by atoms with van der Waals surface area (Å²) in [5.74, 6) is 1.13. The fourth-order valence-electron chi connectivity index (χ4n) is 3.07. The predicted molar refractivity (Wildman–Crippen MR) is 94.5 cm³/mol. The lowest BCUT2D eigenvalue weighted by molar-refractivity contribution is 0.0886. The minimum atomic E-state index is 0.0167. The molecule has 1 unspecified atom stereocenters. The van der Waals surface area contributed by atoms with Crippen LogP contribution in [0.1, 0.15) is 42.3 Å². The molecule has 1 heterocycles. The molecule has 2 rings (SSSR count). The van der Waals surface area contributed by atoms with Gasteiger partial charge in [0.2, 0.25) is 0 Å². The number of hydrogen-bond donors (Lipinski definition) is 1. The van der Waals surface area contributed by atoms with Crippen molar-refractivity contribution in [3.05, 3.63) is 28.8 Å². The van der Waals surface area contributed by atoms with Crippen LogP contribution in [0.3, 0.4) is 0 Å². The van der Waals surface area contributed by atoms with E-state index in [0.717, 1.165) is 55.2 Å². The van der Waals surface area contributed by atoms with Gasteiger partial charge < -0.3 is 15.0 Å². The minimum Gasteiger partial charge on any atom is -0.491 e. The molecule has 1 atom stereocenters. The molecule has 1 aliphatic heterocycles. The average Bonchev–Trinajstić information content (AvgIpc) is 2.52. The molecule has 0 radical (unpaired) electrons. The zero-order chi connectivity index (χ0) is 17.0. The Morgan fingerprint density at radius 2 is 1.83 bits per heavy atom. The van der Waals surface area contributed by atoms with Crippen LogP contribution in [0.2, 0.25) is 0 Å². The second-order valence-electron chi connectivity index (χ2n) is 6.84. The van der Waals surface area contributed by atoms with Crippen molar-refractivity contribution in [1.29, 1.82) is 0 Å². The Hall–Kier alpha value is -1.39. The fraction of sp³-hybridized carbons (Fsp3) is 0.632. The fourth-order valence-corrected chi connectivity index (χ4v) is 3.07. The molecule has 1 saturated heterocycles. The van der Waals surface area contributed by atoms with Crippen LogP contribution in [0.5, 0.6) is 5.75 Å². The summed E-state index contributed by atoms with van der Waals surface area (Å²) < 4.78 is 5.82. The highest BCUT2D eigenvalue weighted by Gasteiger charge is 2.22. The maximum absolute atomic E-state index is 12.8. The Balaban J connectivity index is 2.10. The number of benzene rings is 1. The number of hydrogen-bond acceptors (Lipinski definition) is 4. The molecule has 1 aromatic rings. The molecule has 0 saturated carbocycles. The van der Waals surface area contributed by atoms with Crippen LogP contribution in [0, 0.1) is 19.8 Å². The molecule has 0 spiro atoms. The van der Waals surface area contributed by atoms with Crippen molar-refractivity contribution in [1.82, 2.24) is 10.2 Å². The molecule has 1 aromatic carbocycles. The van der Waals surface area contributed by atoms with Gasteiger partial charge in [-0.2, -0.15) is 0 Å². The van der Waals surface area contributed by atoms with Crippen LogP contribution in [-0.2, 0) is 0 Å². The van der Waals surface area contributed by atoms with E-state index in [-0.39, 0.29) is 17.8 Å². The van der Waals surface area contributed by atoms with Crippen LogP contribution in [0.15, 0.2) is 12.1 Å². The summed E-state index contributed by atoms with van der Waals surface area (Å²) in [7, 11) is 0. The summed E-state index contributed by atoms with van der Waals surface area (Å²) in [5, 5.41) is 3.35. The number of ether oxygens (including phenoxy) is 1. The van der Waals surface area contributed by atoms with Gasteiger partial charge >= 0.3 is 0 Å². The monoisotopic (exact) mass is 318 g/mol. The van der Waals surface area contributed by atoms with Crippen LogP contribution >= 0.6 is 0 Å². The lowest BCUT2D eigenvalue weighted by Gasteiger charge is -2.29. The first-order valence-corrected chi connectivity index (χ1v) is 8.64. The molecule has 4 heteroatoms. The van der Waals surface area contributed by atoms with Crippen molar-refractivity contribution in [3.63, 3.8) is 0 Å². The number of nitrogens with one attached hydrogen (secondary N) is 1. The largest absolute Gasteiger partial charge is 0.491 e. The lowest BCUT2D eigenvalue weighted by atomic mass is 9.92. The van der Waals surface area contributed by atoms with E-state index in [2.05, 4.69) is 10.2 Å². The standard InChI is InChI=1S/C19H30N2O2/c1-13(2)23-18-7-6-17(15(4)16(18)5)19(22)14(3)12-21-10-8-20-9-11-21/h6-7,13-14,20H,8-12H2,1-5H3.